The van der Waals surface area contributed by atoms with E-state index in [-0.39, 0.29) is 5.56 Å². The van der Waals surface area contributed by atoms with E-state index < -0.39 is 0 Å². The first-order valence-electron chi connectivity index (χ1n) is 3.15. The minimum Gasteiger partial charge on any atom is -0.267 e. The third kappa shape index (κ3) is 0.851. The highest BCUT2D eigenvalue weighted by Gasteiger charge is 2.01. The number of hydrogen-bond donors (Lipinski definition) is 1. The van der Waals surface area contributed by atoms with Crippen LogP contribution in [-0.2, 0) is 0 Å². The van der Waals surface area contributed by atoms with Crippen LogP contribution in [0.4, 0.5) is 0 Å². The first-order valence-corrected chi connectivity index (χ1v) is 3.49. The van der Waals surface area contributed by atoms with Crippen LogP contribution >= 0.6 is 11.8 Å². The minimum atomic E-state index is -0.157. The van der Waals surface area contributed by atoms with Crippen molar-refractivity contribution < 1.29 is 0 Å². The van der Waals surface area contributed by atoms with Crippen molar-refractivity contribution in [1.82, 2.24) is 9.30 Å². The molecular weight excluding hydrogens is 164 g/mol. The van der Waals surface area contributed by atoms with Gasteiger partial charge in [-0.25, -0.2) is 5.10 Å². The Labute approximate surface area is 67.3 Å². The Balaban J connectivity index is 3.07. The van der Waals surface area contributed by atoms with E-state index in [2.05, 4.69) is 5.10 Å². The summed E-state index contributed by atoms with van der Waals surface area (Å²) in [6.45, 7) is 0. The summed E-state index contributed by atoms with van der Waals surface area (Å²) in [5, 5.41) is 3.06. The van der Waals surface area contributed by atoms with Gasteiger partial charge in [-0.2, -0.15) is 4.20 Å². The molecule has 0 amide bonds. The van der Waals surface area contributed by atoms with Crippen LogP contribution < -0.4 is 5.56 Å². The average molecular weight is 169 g/mol. The third-order valence-electron chi connectivity index (χ3n) is 1.56. The molecule has 0 fully saturated rings. The fraction of sp³-hybridized carbons (Fsp3) is 0. The van der Waals surface area contributed by atoms with E-state index in [0.29, 0.717) is 10.9 Å². The van der Waals surface area contributed by atoms with Crippen LogP contribution in [0.25, 0.3) is 10.9 Å². The second kappa shape index (κ2) is 2.13. The van der Waals surface area contributed by atoms with Crippen molar-refractivity contribution in [3.63, 3.8) is 0 Å². The number of rotatable bonds is 0. The molecule has 0 spiro atoms. The van der Waals surface area contributed by atoms with E-state index in [4.69, 9.17) is 11.8 Å². The zero-order chi connectivity index (χ0) is 7.84. The summed E-state index contributed by atoms with van der Waals surface area (Å²) in [7, 11) is 0. The summed E-state index contributed by atoms with van der Waals surface area (Å²) in [5.41, 5.74) is 0.551. The van der Waals surface area contributed by atoms with Crippen molar-refractivity contribution in [3.8, 4) is 0 Å². The van der Waals surface area contributed by atoms with E-state index in [1.165, 1.54) is 4.20 Å². The molecule has 56 valence electrons. The lowest BCUT2D eigenvalue weighted by atomic mass is 10.3. The normalized spacial score (nSPS) is 10.6. The monoisotopic (exact) mass is 168 g/mol. The molecule has 2 aromatic rings. The fourth-order valence-corrected chi connectivity index (χ4v) is 1.27. The van der Waals surface area contributed by atoms with E-state index in [0.717, 1.165) is 0 Å². The minimum absolute atomic E-state index is 0.157. The van der Waals surface area contributed by atoms with Crippen molar-refractivity contribution >= 4 is 22.7 Å². The van der Waals surface area contributed by atoms with Crippen molar-refractivity contribution in [1.29, 1.82) is 0 Å². The first kappa shape index (κ1) is 6.49. The van der Waals surface area contributed by atoms with E-state index in [1.807, 2.05) is 6.07 Å². The molecule has 11 heavy (non-hydrogen) atoms. The van der Waals surface area contributed by atoms with Crippen molar-refractivity contribution in [2.24, 2.45) is 0 Å². The topological polar surface area (TPSA) is 37.8 Å². The van der Waals surface area contributed by atoms with Crippen LogP contribution in [0.15, 0.2) is 29.1 Å². The zero-order valence-electron chi connectivity index (χ0n) is 5.54. The fourth-order valence-electron chi connectivity index (χ4n) is 1.05. The Morgan fingerprint density at radius 1 is 1.36 bits per heavy atom. The predicted octanol–water partition coefficient (Wildman–Crippen LogP) is 1.33. The Morgan fingerprint density at radius 3 is 2.82 bits per heavy atom. The molecule has 0 aliphatic rings. The molecule has 0 unspecified atom stereocenters. The number of halogens is 1. The van der Waals surface area contributed by atoms with Gasteiger partial charge >= 0.3 is 0 Å². The number of nitrogens with zero attached hydrogens (tertiary/aromatic N) is 1. The van der Waals surface area contributed by atoms with Crippen LogP contribution in [0, 0.1) is 0 Å². The third-order valence-corrected chi connectivity index (χ3v) is 1.83. The Hall–Kier alpha value is -1.22. The molecular formula is C7H5ClN2O. The quantitative estimate of drug-likeness (QED) is 0.633. The van der Waals surface area contributed by atoms with Crippen LogP contribution in [-0.4, -0.2) is 9.30 Å². The largest absolute Gasteiger partial charge is 0.273 e. The summed E-state index contributed by atoms with van der Waals surface area (Å²) in [4.78, 5) is 11.0. The molecule has 0 aliphatic heterocycles. The number of H-pyrrole nitrogens is 1. The molecule has 0 saturated heterocycles. The molecule has 1 aromatic carbocycles. The Morgan fingerprint density at radius 2 is 2.09 bits per heavy atom. The number of fused-ring (bicyclic) bond motifs is 1. The van der Waals surface area contributed by atoms with Crippen molar-refractivity contribution in [2.45, 2.75) is 0 Å². The number of aromatic nitrogens is 2. The van der Waals surface area contributed by atoms with Crippen LogP contribution in [0.5, 0.6) is 0 Å². The van der Waals surface area contributed by atoms with Gasteiger partial charge in [-0.15, -0.1) is 0 Å². The Kier molecular flexibility index (Phi) is 1.26. The summed E-state index contributed by atoms with van der Waals surface area (Å²) in [6.07, 6.45) is 0. The molecule has 0 saturated carbocycles. The van der Waals surface area contributed by atoms with Gasteiger partial charge in [0.2, 0.25) is 0 Å². The van der Waals surface area contributed by atoms with Gasteiger partial charge < -0.3 is 0 Å². The maximum Gasteiger partial charge on any atom is 0.273 e. The number of aromatic amines is 1. The maximum absolute atomic E-state index is 11.0. The second-order valence-electron chi connectivity index (χ2n) is 2.24. The van der Waals surface area contributed by atoms with Gasteiger partial charge in [-0.05, 0) is 12.1 Å². The van der Waals surface area contributed by atoms with Crippen LogP contribution in [0.1, 0.15) is 0 Å². The number of nitrogens with one attached hydrogen (secondary N) is 1. The van der Waals surface area contributed by atoms with Gasteiger partial charge in [0.1, 0.15) is 0 Å². The lowest BCUT2D eigenvalue weighted by Crippen LogP contribution is -1.98. The predicted molar refractivity (Wildman–Crippen MR) is 43.8 cm³/mol. The number of hydrogen-bond acceptors (Lipinski definition) is 1. The summed E-state index contributed by atoms with van der Waals surface area (Å²) < 4.78 is 1.19. The van der Waals surface area contributed by atoms with Crippen molar-refractivity contribution in [2.75, 3.05) is 0 Å². The summed E-state index contributed by atoms with van der Waals surface area (Å²) in [5.74, 6) is 0. The average Bonchev–Trinajstić information content (AvgIpc) is 2.30. The van der Waals surface area contributed by atoms with Gasteiger partial charge in [0.25, 0.3) is 5.56 Å². The summed E-state index contributed by atoms with van der Waals surface area (Å²) >= 11 is 5.64. The van der Waals surface area contributed by atoms with E-state index in [1.54, 1.807) is 18.2 Å². The molecule has 0 aliphatic carbocycles. The second-order valence-corrected chi connectivity index (χ2v) is 2.58. The lowest BCUT2D eigenvalue weighted by Gasteiger charge is -1.87. The highest BCUT2D eigenvalue weighted by atomic mass is 35.5. The van der Waals surface area contributed by atoms with Gasteiger partial charge in [-0.3, -0.25) is 4.79 Å². The summed E-state index contributed by atoms with van der Waals surface area (Å²) in [6, 6.07) is 7.14. The molecule has 3 nitrogen and oxygen atoms in total. The highest BCUT2D eigenvalue weighted by molar-refractivity contribution is 6.18. The molecule has 1 N–H and O–H groups in total. The van der Waals surface area contributed by atoms with Gasteiger partial charge in [0.05, 0.1) is 10.9 Å². The standard InChI is InChI=1S/C7H5ClN2O/c8-10-6-4-2-1-3-5(6)7(11)9-10/h1-4H,(H,9,11). The highest BCUT2D eigenvalue weighted by Crippen LogP contribution is 2.08. The molecule has 1 aromatic heterocycles. The number of benzene rings is 1. The van der Waals surface area contributed by atoms with Crippen LogP contribution in [0.3, 0.4) is 0 Å². The molecule has 2 rings (SSSR count). The van der Waals surface area contributed by atoms with Crippen molar-refractivity contribution in [3.05, 3.63) is 34.6 Å². The maximum atomic E-state index is 11.0. The first-order chi connectivity index (χ1) is 5.29. The lowest BCUT2D eigenvalue weighted by molar-refractivity contribution is 0.995. The Bertz CT molecular complexity index is 443. The van der Waals surface area contributed by atoms with Gasteiger partial charge in [0, 0.05) is 11.8 Å². The van der Waals surface area contributed by atoms with E-state index >= 15 is 0 Å². The van der Waals surface area contributed by atoms with Gasteiger partial charge in [0.15, 0.2) is 0 Å². The number of para-hydroxylation sites is 1. The SMILES string of the molecule is O=c1[nH]n(Cl)c2ccccc12. The van der Waals surface area contributed by atoms with E-state index in [9.17, 15) is 4.79 Å². The molecule has 1 heterocycles. The zero-order valence-corrected chi connectivity index (χ0v) is 6.30. The smallest absolute Gasteiger partial charge is 0.267 e. The molecule has 0 bridgehead atoms. The molecule has 4 heteroatoms. The molecule has 0 atom stereocenters. The molecule has 0 radical (unpaired) electrons. The van der Waals surface area contributed by atoms with Gasteiger partial charge in [-0.1, -0.05) is 12.1 Å². The van der Waals surface area contributed by atoms with Crippen LogP contribution in [0.2, 0.25) is 0 Å².